The van der Waals surface area contributed by atoms with Crippen molar-refractivity contribution in [1.29, 1.82) is 0 Å². The van der Waals surface area contributed by atoms with Crippen molar-refractivity contribution in [2.75, 3.05) is 4.90 Å². The van der Waals surface area contributed by atoms with Crippen LogP contribution in [0.5, 0.6) is 5.75 Å². The number of piperidine rings is 1. The standard InChI is InChI=1S/C34H37Cl2N5O5S2/c1-17(2)45-26-11-19(32(42)40-48(43,44)34(3)9-10-34)12-27-30(26)38-33(47-27)41-21-13-20(14-22(41)15-21)37-16-23-29(39-46-31(23)18-7-8-18)28-24(35)5-4-6-25(28)36/h4-6,11-12,17-18,20-22,37H,7-10,13-16H2,1-3H3,(H,40,42). The fraction of sp³-hybridized carbons (Fsp3) is 0.500. The summed E-state index contributed by atoms with van der Waals surface area (Å²) in [5, 5.41) is 10.2. The third kappa shape index (κ3) is 5.77. The van der Waals surface area contributed by atoms with Crippen LogP contribution in [0.4, 0.5) is 5.13 Å². The molecule has 3 aliphatic carbocycles. The van der Waals surface area contributed by atoms with E-state index in [0.29, 0.717) is 76.0 Å². The average Bonchev–Trinajstić information content (AvgIpc) is 3.93. The SMILES string of the molecule is CC(C)Oc1cc(C(=O)NS(=O)(=O)C2(C)CC2)cc2sc(N3C4CC(NCc5c(-c6c(Cl)cccc6Cl)noc5C5CC5)CC3C4)nc12. The van der Waals surface area contributed by atoms with E-state index in [9.17, 15) is 13.2 Å². The van der Waals surface area contributed by atoms with Crippen LogP contribution in [0.2, 0.25) is 10.0 Å². The summed E-state index contributed by atoms with van der Waals surface area (Å²) in [7, 11) is -3.77. The Morgan fingerprint density at radius 2 is 1.85 bits per heavy atom. The number of nitrogens with one attached hydrogen (secondary N) is 2. The van der Waals surface area contributed by atoms with Gasteiger partial charge in [0.15, 0.2) is 5.13 Å². The minimum atomic E-state index is -3.77. The van der Waals surface area contributed by atoms with E-state index >= 15 is 0 Å². The third-order valence-electron chi connectivity index (χ3n) is 10.1. The lowest BCUT2D eigenvalue weighted by Gasteiger charge is -2.55. The zero-order valence-electron chi connectivity index (χ0n) is 26.9. The summed E-state index contributed by atoms with van der Waals surface area (Å²) in [5.41, 5.74) is 3.38. The van der Waals surface area contributed by atoms with Gasteiger partial charge >= 0.3 is 0 Å². The van der Waals surface area contributed by atoms with E-state index < -0.39 is 20.7 Å². The molecule has 2 bridgehead atoms. The van der Waals surface area contributed by atoms with Gasteiger partial charge in [-0.25, -0.2) is 18.1 Å². The maximum Gasteiger partial charge on any atom is 0.264 e. The first-order chi connectivity index (χ1) is 22.9. The van der Waals surface area contributed by atoms with Crippen LogP contribution < -0.4 is 19.7 Å². The molecule has 254 valence electrons. The Balaban J connectivity index is 0.998. The van der Waals surface area contributed by atoms with Crippen LogP contribution in [0.15, 0.2) is 34.9 Å². The molecule has 2 unspecified atom stereocenters. The summed E-state index contributed by atoms with van der Waals surface area (Å²) in [6.45, 7) is 6.10. The van der Waals surface area contributed by atoms with Gasteiger partial charge in [-0.1, -0.05) is 45.8 Å². The molecule has 2 aliphatic heterocycles. The number of aromatic nitrogens is 2. The van der Waals surface area contributed by atoms with Crippen molar-refractivity contribution in [2.45, 2.75) is 107 Å². The molecule has 4 heterocycles. The Morgan fingerprint density at radius 1 is 1.15 bits per heavy atom. The maximum atomic E-state index is 13.2. The number of amides is 1. The first kappa shape index (κ1) is 32.3. The Kier molecular flexibility index (Phi) is 7.99. The number of thiazole rings is 1. The van der Waals surface area contributed by atoms with Crippen molar-refractivity contribution in [2.24, 2.45) is 0 Å². The second kappa shape index (κ2) is 11.9. The van der Waals surface area contributed by atoms with Crippen molar-refractivity contribution in [1.82, 2.24) is 20.2 Å². The third-order valence-corrected chi connectivity index (χ3v) is 13.9. The molecule has 10 nitrogen and oxygen atoms in total. The number of carbonyl (C=O) groups excluding carboxylic acids is 1. The molecule has 2 saturated heterocycles. The van der Waals surface area contributed by atoms with Crippen LogP contribution in [0.25, 0.3) is 21.5 Å². The van der Waals surface area contributed by atoms with Crippen LogP contribution in [0.3, 0.4) is 0 Å². The molecule has 2 aromatic heterocycles. The highest BCUT2D eigenvalue weighted by Crippen LogP contribution is 2.48. The van der Waals surface area contributed by atoms with Gasteiger partial charge in [-0.05, 0) is 90.0 Å². The van der Waals surface area contributed by atoms with Crippen LogP contribution in [-0.4, -0.2) is 53.4 Å². The fourth-order valence-corrected chi connectivity index (χ4v) is 9.99. The van der Waals surface area contributed by atoms with Gasteiger partial charge in [0.25, 0.3) is 5.91 Å². The summed E-state index contributed by atoms with van der Waals surface area (Å²) < 4.78 is 39.7. The molecule has 9 rings (SSSR count). The van der Waals surface area contributed by atoms with Gasteiger partial charge in [-0.3, -0.25) is 4.79 Å². The van der Waals surface area contributed by atoms with Crippen molar-refractivity contribution in [3.05, 3.63) is 57.3 Å². The van der Waals surface area contributed by atoms with Crippen molar-refractivity contribution < 1.29 is 22.5 Å². The minimum Gasteiger partial charge on any atom is -0.489 e. The van der Waals surface area contributed by atoms with Crippen molar-refractivity contribution in [3.8, 4) is 17.0 Å². The second-order valence-corrected chi connectivity index (χ2v) is 18.1. The summed E-state index contributed by atoms with van der Waals surface area (Å²) >= 11 is 14.7. The number of hydrogen-bond acceptors (Lipinski definition) is 10. The van der Waals surface area contributed by atoms with Gasteiger partial charge in [0.1, 0.15) is 22.7 Å². The Hall–Kier alpha value is -2.90. The number of hydrogen-bond donors (Lipinski definition) is 2. The van der Waals surface area contributed by atoms with E-state index in [1.54, 1.807) is 19.1 Å². The molecule has 1 amide bonds. The fourth-order valence-electron chi connectivity index (χ4n) is 7.00. The summed E-state index contributed by atoms with van der Waals surface area (Å²) in [6.07, 6.45) is 6.13. The zero-order chi connectivity index (χ0) is 33.5. The van der Waals surface area contributed by atoms with E-state index in [1.165, 1.54) is 11.3 Å². The van der Waals surface area contributed by atoms with Crippen LogP contribution in [0, 0.1) is 0 Å². The average molecular weight is 731 g/mol. The highest BCUT2D eigenvalue weighted by molar-refractivity contribution is 7.91. The number of benzene rings is 2. The topological polar surface area (TPSA) is 127 Å². The molecule has 14 heteroatoms. The Labute approximate surface area is 293 Å². The molecular formula is C34H37Cl2N5O5S2. The summed E-state index contributed by atoms with van der Waals surface area (Å²) in [4.78, 5) is 20.6. The highest BCUT2D eigenvalue weighted by atomic mass is 35.5. The number of fused-ring (bicyclic) bond motifs is 3. The van der Waals surface area contributed by atoms with E-state index in [2.05, 4.69) is 20.1 Å². The largest absolute Gasteiger partial charge is 0.489 e. The minimum absolute atomic E-state index is 0.152. The molecule has 2 aromatic carbocycles. The lowest BCUT2D eigenvalue weighted by atomic mass is 9.77. The van der Waals surface area contributed by atoms with Gasteiger partial charge < -0.3 is 19.5 Å². The number of rotatable bonds is 11. The molecule has 0 spiro atoms. The molecule has 2 atom stereocenters. The molecular weight excluding hydrogens is 693 g/mol. The van der Waals surface area contributed by atoms with Gasteiger partial charge in [0.05, 0.1) is 25.6 Å². The number of ether oxygens (including phenoxy) is 1. The first-order valence-corrected chi connectivity index (χ1v) is 19.6. The first-order valence-electron chi connectivity index (χ1n) is 16.5. The van der Waals surface area contributed by atoms with Crippen LogP contribution >= 0.6 is 34.5 Å². The maximum absolute atomic E-state index is 13.2. The monoisotopic (exact) mass is 729 g/mol. The molecule has 0 radical (unpaired) electrons. The van der Waals surface area contributed by atoms with E-state index in [1.807, 2.05) is 32.0 Å². The zero-order valence-corrected chi connectivity index (χ0v) is 30.0. The predicted octanol–water partition coefficient (Wildman–Crippen LogP) is 7.43. The van der Waals surface area contributed by atoms with Crippen molar-refractivity contribution >= 4 is 65.8 Å². The van der Waals surface area contributed by atoms with Gasteiger partial charge in [-0.2, -0.15) is 0 Å². The number of anilines is 1. The predicted molar refractivity (Wildman–Crippen MR) is 188 cm³/mol. The summed E-state index contributed by atoms with van der Waals surface area (Å²) in [5.74, 6) is 1.14. The van der Waals surface area contributed by atoms with Gasteiger partial charge in [0, 0.05) is 47.3 Å². The quantitative estimate of drug-likeness (QED) is 0.162. The molecule has 2 N–H and O–H groups in total. The van der Waals surface area contributed by atoms with E-state index in [4.69, 9.17) is 37.4 Å². The molecule has 48 heavy (non-hydrogen) atoms. The van der Waals surface area contributed by atoms with Crippen LogP contribution in [0.1, 0.15) is 93.3 Å². The number of sulfonamides is 1. The highest BCUT2D eigenvalue weighted by Gasteiger charge is 2.51. The number of carbonyl (C=O) groups is 1. The Bertz CT molecular complexity index is 2010. The molecule has 5 fully saturated rings. The van der Waals surface area contributed by atoms with Gasteiger partial charge in [0.2, 0.25) is 10.0 Å². The smallest absolute Gasteiger partial charge is 0.264 e. The lowest BCUT2D eigenvalue weighted by molar-refractivity contribution is 0.0980. The number of nitrogens with zero attached hydrogens (tertiary/aromatic N) is 3. The molecule has 4 aromatic rings. The normalized spacial score (nSPS) is 23.0. The molecule has 3 saturated carbocycles. The van der Waals surface area contributed by atoms with Crippen molar-refractivity contribution in [3.63, 3.8) is 0 Å². The van der Waals surface area contributed by atoms with E-state index in [-0.39, 0.29) is 11.7 Å². The Morgan fingerprint density at radius 3 is 2.50 bits per heavy atom. The van der Waals surface area contributed by atoms with E-state index in [0.717, 1.165) is 53.3 Å². The summed E-state index contributed by atoms with van der Waals surface area (Å²) in [6, 6.07) is 9.76. The lowest BCUT2D eigenvalue weighted by Crippen LogP contribution is -2.64. The van der Waals surface area contributed by atoms with Crippen LogP contribution in [-0.2, 0) is 16.6 Å². The second-order valence-electron chi connectivity index (χ2n) is 14.1. The molecule has 5 aliphatic rings. The number of halogens is 2. The van der Waals surface area contributed by atoms with Gasteiger partial charge in [-0.15, -0.1) is 0 Å².